The van der Waals surface area contributed by atoms with E-state index in [-0.39, 0.29) is 11.7 Å². The van der Waals surface area contributed by atoms with Crippen LogP contribution in [0.25, 0.3) is 16.5 Å². The van der Waals surface area contributed by atoms with Crippen LogP contribution in [0.1, 0.15) is 38.9 Å². The Bertz CT molecular complexity index is 1890. The number of nitrogens with zero attached hydrogens (tertiary/aromatic N) is 3. The van der Waals surface area contributed by atoms with E-state index in [4.69, 9.17) is 11.6 Å². The van der Waals surface area contributed by atoms with E-state index in [1.807, 2.05) is 102 Å². The molecule has 0 bridgehead atoms. The molecule has 0 spiro atoms. The molecule has 0 aliphatic rings. The van der Waals surface area contributed by atoms with Crippen LogP contribution >= 0.6 is 23.4 Å². The minimum absolute atomic E-state index is 0.199. The molecule has 214 valence electrons. The van der Waals surface area contributed by atoms with Gasteiger partial charge in [-0.2, -0.15) is 0 Å². The Balaban J connectivity index is 1.43. The number of hydrogen-bond acceptors (Lipinski definition) is 4. The summed E-state index contributed by atoms with van der Waals surface area (Å²) in [5.41, 5.74) is 4.39. The van der Waals surface area contributed by atoms with Gasteiger partial charge in [-0.3, -0.25) is 9.36 Å². The molecular weight excluding hydrogens is 579 g/mol. The summed E-state index contributed by atoms with van der Waals surface area (Å²) in [4.78, 5) is 13.9. The van der Waals surface area contributed by atoms with Gasteiger partial charge in [0.1, 0.15) is 5.82 Å². The van der Waals surface area contributed by atoms with Crippen LogP contribution in [-0.2, 0) is 12.2 Å². The van der Waals surface area contributed by atoms with Crippen molar-refractivity contribution in [2.24, 2.45) is 0 Å². The largest absolute Gasteiger partial charge is 0.342 e. The van der Waals surface area contributed by atoms with E-state index in [0.29, 0.717) is 33.7 Å². The van der Waals surface area contributed by atoms with Crippen LogP contribution in [0.15, 0.2) is 120 Å². The molecular formula is C35H28ClFN4OS. The second-order valence-electron chi connectivity index (χ2n) is 10.3. The predicted molar refractivity (Wildman–Crippen MR) is 171 cm³/mol. The first kappa shape index (κ1) is 28.6. The van der Waals surface area contributed by atoms with E-state index in [2.05, 4.69) is 15.5 Å². The van der Waals surface area contributed by atoms with Gasteiger partial charge in [-0.25, -0.2) is 4.39 Å². The van der Waals surface area contributed by atoms with Gasteiger partial charge >= 0.3 is 0 Å². The topological polar surface area (TPSA) is 59.8 Å². The smallest absolute Gasteiger partial charge is 0.252 e. The summed E-state index contributed by atoms with van der Waals surface area (Å²) in [7, 11) is 0. The molecule has 6 rings (SSSR count). The summed E-state index contributed by atoms with van der Waals surface area (Å²) in [6.07, 6.45) is 0.498. The van der Waals surface area contributed by atoms with E-state index in [0.717, 1.165) is 33.2 Å². The number of carbonyl (C=O) groups excluding carboxylic acids is 1. The van der Waals surface area contributed by atoms with Crippen LogP contribution < -0.4 is 5.32 Å². The van der Waals surface area contributed by atoms with E-state index >= 15 is 0 Å². The fourth-order valence-electron chi connectivity index (χ4n) is 5.09. The molecule has 0 saturated heterocycles. The highest BCUT2D eigenvalue weighted by Crippen LogP contribution is 2.32. The van der Waals surface area contributed by atoms with E-state index in [9.17, 15) is 9.18 Å². The van der Waals surface area contributed by atoms with Crippen molar-refractivity contribution in [2.45, 2.75) is 30.3 Å². The molecule has 1 unspecified atom stereocenters. The Labute approximate surface area is 258 Å². The van der Waals surface area contributed by atoms with Crippen molar-refractivity contribution in [1.82, 2.24) is 20.1 Å². The first-order valence-corrected chi connectivity index (χ1v) is 15.2. The summed E-state index contributed by atoms with van der Waals surface area (Å²) in [5, 5.41) is 15.6. The van der Waals surface area contributed by atoms with Crippen molar-refractivity contribution in [3.8, 4) is 5.69 Å². The molecule has 8 heteroatoms. The van der Waals surface area contributed by atoms with Gasteiger partial charge in [0.2, 0.25) is 0 Å². The highest BCUT2D eigenvalue weighted by Gasteiger charge is 2.26. The summed E-state index contributed by atoms with van der Waals surface area (Å²) < 4.78 is 15.5. The Morgan fingerprint density at radius 2 is 1.63 bits per heavy atom. The molecule has 1 N–H and O–H groups in total. The number of aryl methyl sites for hydroxylation is 1. The summed E-state index contributed by atoms with van der Waals surface area (Å²) in [6, 6.07) is 35.2. The fraction of sp³-hybridized carbons (Fsp3) is 0.114. The Morgan fingerprint density at radius 3 is 2.44 bits per heavy atom. The number of carbonyl (C=O) groups is 1. The molecule has 1 atom stereocenters. The van der Waals surface area contributed by atoms with Crippen LogP contribution in [-0.4, -0.2) is 20.7 Å². The summed E-state index contributed by atoms with van der Waals surface area (Å²) >= 11 is 7.98. The number of benzene rings is 5. The number of rotatable bonds is 9. The molecule has 6 aromatic rings. The van der Waals surface area contributed by atoms with Crippen LogP contribution in [0.3, 0.4) is 0 Å². The highest BCUT2D eigenvalue weighted by atomic mass is 35.5. The van der Waals surface area contributed by atoms with Crippen LogP contribution in [0.2, 0.25) is 5.02 Å². The van der Waals surface area contributed by atoms with Gasteiger partial charge < -0.3 is 5.32 Å². The predicted octanol–water partition coefficient (Wildman–Crippen LogP) is 8.53. The van der Waals surface area contributed by atoms with Gasteiger partial charge in [0.15, 0.2) is 11.0 Å². The third-order valence-corrected chi connectivity index (χ3v) is 8.52. The molecule has 0 aliphatic heterocycles. The normalized spacial score (nSPS) is 11.9. The maximum absolute atomic E-state index is 13.9. The van der Waals surface area contributed by atoms with Gasteiger partial charge in [0.05, 0.1) is 11.7 Å². The molecule has 0 saturated carbocycles. The van der Waals surface area contributed by atoms with Crippen molar-refractivity contribution in [1.29, 1.82) is 0 Å². The maximum Gasteiger partial charge on any atom is 0.252 e. The van der Waals surface area contributed by atoms with Crippen LogP contribution in [0.5, 0.6) is 0 Å². The van der Waals surface area contributed by atoms with E-state index < -0.39 is 6.04 Å². The molecule has 0 fully saturated rings. The van der Waals surface area contributed by atoms with Crippen LogP contribution in [0.4, 0.5) is 4.39 Å². The van der Waals surface area contributed by atoms with Crippen molar-refractivity contribution < 1.29 is 9.18 Å². The molecule has 1 amide bonds. The molecule has 1 aromatic heterocycles. The molecule has 43 heavy (non-hydrogen) atoms. The average Bonchev–Trinajstić information content (AvgIpc) is 3.45. The van der Waals surface area contributed by atoms with Gasteiger partial charge in [-0.1, -0.05) is 108 Å². The average molecular weight is 607 g/mol. The second-order valence-corrected chi connectivity index (χ2v) is 11.6. The number of nitrogens with one attached hydrogen (secondary N) is 1. The number of aromatic nitrogens is 3. The molecule has 5 nitrogen and oxygen atoms in total. The zero-order valence-electron chi connectivity index (χ0n) is 23.4. The number of fused-ring (bicyclic) bond motifs is 1. The van der Waals surface area contributed by atoms with E-state index in [1.54, 1.807) is 12.1 Å². The van der Waals surface area contributed by atoms with E-state index in [1.165, 1.54) is 23.9 Å². The third kappa shape index (κ3) is 6.48. The van der Waals surface area contributed by atoms with Crippen molar-refractivity contribution in [3.05, 3.63) is 154 Å². The van der Waals surface area contributed by atoms with Gasteiger partial charge in [-0.05, 0) is 71.1 Å². The minimum atomic E-state index is -0.514. The maximum atomic E-state index is 13.9. The molecule has 0 aliphatic carbocycles. The lowest BCUT2D eigenvalue weighted by Gasteiger charge is -2.21. The number of hydrogen-bond donors (Lipinski definition) is 1. The molecule has 1 heterocycles. The zero-order chi connectivity index (χ0) is 29.8. The number of halogens is 2. The fourth-order valence-corrected chi connectivity index (χ4v) is 6.17. The lowest BCUT2D eigenvalue weighted by Crippen LogP contribution is -2.32. The Kier molecular flexibility index (Phi) is 8.54. The standard InChI is InChI=1S/C35H28ClFN4OS/c1-23-14-17-27(36)21-32(23)41-33(39-40-35(41)43-22-25-15-18-28(37)19-16-25)31(20-24-8-3-2-4-9-24)38-34(42)30-13-7-11-26-10-5-6-12-29(26)30/h2-19,21,31H,20,22H2,1H3,(H,38,42). The van der Waals surface area contributed by atoms with Crippen molar-refractivity contribution in [2.75, 3.05) is 0 Å². The quantitative estimate of drug-likeness (QED) is 0.168. The van der Waals surface area contributed by atoms with Crippen molar-refractivity contribution >= 4 is 40.0 Å². The Morgan fingerprint density at radius 1 is 0.884 bits per heavy atom. The number of amides is 1. The lowest BCUT2D eigenvalue weighted by atomic mass is 10.0. The van der Waals surface area contributed by atoms with Gasteiger partial charge in [0, 0.05) is 16.3 Å². The first-order chi connectivity index (χ1) is 21.0. The first-order valence-electron chi connectivity index (χ1n) is 13.9. The second kappa shape index (κ2) is 12.8. The monoisotopic (exact) mass is 606 g/mol. The minimum Gasteiger partial charge on any atom is -0.342 e. The molecule has 0 radical (unpaired) electrons. The SMILES string of the molecule is Cc1ccc(Cl)cc1-n1c(SCc2ccc(F)cc2)nnc1C(Cc1ccccc1)NC(=O)c1cccc2ccccc12. The lowest BCUT2D eigenvalue weighted by molar-refractivity contribution is 0.0936. The number of thioether (sulfide) groups is 1. The third-order valence-electron chi connectivity index (χ3n) is 7.29. The Hall–Kier alpha value is -4.46. The van der Waals surface area contributed by atoms with Crippen molar-refractivity contribution in [3.63, 3.8) is 0 Å². The summed E-state index contributed by atoms with van der Waals surface area (Å²) in [5.74, 6) is 0.670. The van der Waals surface area contributed by atoms with Crippen LogP contribution in [0, 0.1) is 12.7 Å². The van der Waals surface area contributed by atoms with Gasteiger partial charge in [0.25, 0.3) is 5.91 Å². The highest BCUT2D eigenvalue weighted by molar-refractivity contribution is 7.98. The molecule has 5 aromatic carbocycles. The summed E-state index contributed by atoms with van der Waals surface area (Å²) in [6.45, 7) is 2.00. The van der Waals surface area contributed by atoms with Gasteiger partial charge in [-0.15, -0.1) is 10.2 Å². The zero-order valence-corrected chi connectivity index (χ0v) is 24.9.